The van der Waals surface area contributed by atoms with Crippen molar-refractivity contribution >= 4 is 45.5 Å². The Kier molecular flexibility index (Phi) is 5.12. The van der Waals surface area contributed by atoms with Gasteiger partial charge in [-0.3, -0.25) is 9.59 Å². The number of anilines is 1. The van der Waals surface area contributed by atoms with Gasteiger partial charge in [0, 0.05) is 0 Å². The molecular weight excluding hydrogens is 338 g/mol. The van der Waals surface area contributed by atoms with Gasteiger partial charge in [0.1, 0.15) is 9.88 Å². The Morgan fingerprint density at radius 3 is 2.61 bits per heavy atom. The predicted molar refractivity (Wildman–Crippen MR) is 87.9 cm³/mol. The largest absolute Gasteiger partial charge is 0.448 e. The first-order valence-corrected chi connectivity index (χ1v) is 8.32. The van der Waals surface area contributed by atoms with E-state index in [9.17, 15) is 14.4 Å². The molecule has 2 aromatic heterocycles. The minimum atomic E-state index is -1.02. The molecule has 0 aliphatic rings. The number of carbonyl (C=O) groups is 3. The molecule has 0 spiro atoms. The zero-order valence-corrected chi connectivity index (χ0v) is 14.3. The molecule has 1 atom stereocenters. The third-order valence-electron chi connectivity index (χ3n) is 2.91. The van der Waals surface area contributed by atoms with E-state index in [0.717, 1.165) is 16.3 Å². The molecule has 0 aromatic carbocycles. The maximum Gasteiger partial charge on any atom is 0.351 e. The Morgan fingerprint density at radius 2 is 2.04 bits per heavy atom. The highest BCUT2D eigenvalue weighted by Gasteiger charge is 2.23. The highest BCUT2D eigenvalue weighted by molar-refractivity contribution is 7.14. The highest BCUT2D eigenvalue weighted by Crippen LogP contribution is 2.23. The van der Waals surface area contributed by atoms with Gasteiger partial charge >= 0.3 is 5.97 Å². The smallest absolute Gasteiger partial charge is 0.351 e. The molecule has 23 heavy (non-hydrogen) atoms. The third-order valence-corrected chi connectivity index (χ3v) is 4.79. The number of esters is 1. The summed E-state index contributed by atoms with van der Waals surface area (Å²) in [5, 5.41) is 5.25. The van der Waals surface area contributed by atoms with Crippen LogP contribution >= 0.6 is 22.7 Å². The fourth-order valence-corrected chi connectivity index (χ4v) is 3.40. The van der Waals surface area contributed by atoms with Crippen LogP contribution in [-0.2, 0) is 9.53 Å². The van der Waals surface area contributed by atoms with E-state index in [1.54, 1.807) is 19.2 Å². The molecule has 7 nitrogen and oxygen atoms in total. The number of nitrogens with one attached hydrogen (secondary N) is 1. The van der Waals surface area contributed by atoms with Gasteiger partial charge in [-0.1, -0.05) is 0 Å². The standard InChI is InChI=1S/C14H15N3O4S2/c1-6-10(23-8(3)16-6)14(20)21-7(2)12(19)17-13-9(11(15)18)4-5-22-13/h4-5,7H,1-3H3,(H2,15,18)(H,17,19)/t7-/m1/s1. The Hall–Kier alpha value is -2.26. The highest BCUT2D eigenvalue weighted by atomic mass is 32.1. The van der Waals surface area contributed by atoms with Crippen LogP contribution in [0.5, 0.6) is 0 Å². The van der Waals surface area contributed by atoms with Gasteiger partial charge in [0.25, 0.3) is 11.8 Å². The Balaban J connectivity index is 2.02. The average molecular weight is 353 g/mol. The second-order valence-corrected chi connectivity index (χ2v) is 6.83. The van der Waals surface area contributed by atoms with Gasteiger partial charge in [-0.05, 0) is 32.2 Å². The van der Waals surface area contributed by atoms with Gasteiger partial charge in [-0.15, -0.1) is 22.7 Å². The quantitative estimate of drug-likeness (QED) is 0.800. The number of amides is 2. The first kappa shape index (κ1) is 17.1. The van der Waals surface area contributed by atoms with Crippen molar-refractivity contribution in [2.45, 2.75) is 26.9 Å². The molecule has 2 heterocycles. The molecule has 2 rings (SSSR count). The van der Waals surface area contributed by atoms with Gasteiger partial charge in [0.15, 0.2) is 6.10 Å². The molecule has 3 N–H and O–H groups in total. The maximum atomic E-state index is 12.1. The fourth-order valence-electron chi connectivity index (χ4n) is 1.80. The fraction of sp³-hybridized carbons (Fsp3) is 0.286. The van der Waals surface area contributed by atoms with Crippen molar-refractivity contribution in [1.29, 1.82) is 0 Å². The lowest BCUT2D eigenvalue weighted by atomic mass is 10.3. The van der Waals surface area contributed by atoms with E-state index >= 15 is 0 Å². The van der Waals surface area contributed by atoms with Crippen LogP contribution in [0.4, 0.5) is 5.00 Å². The summed E-state index contributed by atoms with van der Waals surface area (Å²) in [7, 11) is 0. The van der Waals surface area contributed by atoms with E-state index in [1.807, 2.05) is 0 Å². The lowest BCUT2D eigenvalue weighted by Crippen LogP contribution is -2.30. The molecule has 0 radical (unpaired) electrons. The molecule has 2 amide bonds. The summed E-state index contributed by atoms with van der Waals surface area (Å²) in [5.74, 6) is -1.78. The number of hydrogen-bond acceptors (Lipinski definition) is 7. The van der Waals surface area contributed by atoms with Crippen molar-refractivity contribution < 1.29 is 19.1 Å². The molecule has 0 aliphatic carbocycles. The molecule has 122 valence electrons. The van der Waals surface area contributed by atoms with Crippen molar-refractivity contribution in [3.63, 3.8) is 0 Å². The normalized spacial score (nSPS) is 11.8. The molecule has 0 saturated heterocycles. The van der Waals surface area contributed by atoms with Crippen molar-refractivity contribution in [1.82, 2.24) is 4.98 Å². The van der Waals surface area contributed by atoms with Crippen molar-refractivity contribution in [3.8, 4) is 0 Å². The summed E-state index contributed by atoms with van der Waals surface area (Å²) in [6.45, 7) is 4.94. The molecule has 0 fully saturated rings. The maximum absolute atomic E-state index is 12.1. The zero-order valence-electron chi connectivity index (χ0n) is 12.7. The van der Waals surface area contributed by atoms with Crippen LogP contribution in [0, 0.1) is 13.8 Å². The molecule has 0 aliphatic heterocycles. The molecule has 0 saturated carbocycles. The first-order valence-electron chi connectivity index (χ1n) is 6.62. The Labute approximate surface area is 140 Å². The van der Waals surface area contributed by atoms with Crippen LogP contribution in [0.1, 0.15) is 37.7 Å². The topological polar surface area (TPSA) is 111 Å². The van der Waals surface area contributed by atoms with Crippen LogP contribution in [0.15, 0.2) is 11.4 Å². The Morgan fingerprint density at radius 1 is 1.35 bits per heavy atom. The Bertz CT molecular complexity index is 766. The van der Waals surface area contributed by atoms with Crippen molar-refractivity contribution in [2.75, 3.05) is 5.32 Å². The summed E-state index contributed by atoms with van der Waals surface area (Å²) < 4.78 is 5.15. The number of nitrogens with two attached hydrogens (primary N) is 1. The number of aryl methyl sites for hydroxylation is 2. The van der Waals surface area contributed by atoms with Crippen molar-refractivity contribution in [2.24, 2.45) is 5.73 Å². The molecule has 0 bridgehead atoms. The number of hydrogen-bond donors (Lipinski definition) is 2. The van der Waals surface area contributed by atoms with Gasteiger partial charge in [0.05, 0.1) is 16.3 Å². The number of ether oxygens (including phenoxy) is 1. The van der Waals surface area contributed by atoms with Crippen LogP contribution in [0.3, 0.4) is 0 Å². The van der Waals surface area contributed by atoms with Gasteiger partial charge in [-0.25, -0.2) is 9.78 Å². The number of thiophene rings is 1. The summed E-state index contributed by atoms with van der Waals surface area (Å²) in [5.41, 5.74) is 6.00. The summed E-state index contributed by atoms with van der Waals surface area (Å²) in [6, 6.07) is 1.52. The zero-order chi connectivity index (χ0) is 17.1. The third kappa shape index (κ3) is 3.93. The van der Waals surface area contributed by atoms with Gasteiger partial charge in [-0.2, -0.15) is 0 Å². The molecular formula is C14H15N3O4S2. The summed E-state index contributed by atoms with van der Waals surface area (Å²) in [4.78, 5) is 39.9. The predicted octanol–water partition coefficient (Wildman–Crippen LogP) is 2.10. The van der Waals surface area contributed by atoms with Crippen LogP contribution < -0.4 is 11.1 Å². The molecule has 0 unspecified atom stereocenters. The SMILES string of the molecule is Cc1nc(C)c(C(=O)O[C@H](C)C(=O)Nc2sccc2C(N)=O)s1. The van der Waals surface area contributed by atoms with E-state index < -0.39 is 23.9 Å². The molecule has 9 heteroatoms. The average Bonchev–Trinajstić information content (AvgIpc) is 3.04. The van der Waals surface area contributed by atoms with E-state index in [1.165, 1.54) is 24.3 Å². The number of nitrogens with zero attached hydrogens (tertiary/aromatic N) is 1. The van der Waals surface area contributed by atoms with Gasteiger partial charge in [0.2, 0.25) is 0 Å². The number of aromatic nitrogens is 1. The lowest BCUT2D eigenvalue weighted by Gasteiger charge is -2.12. The monoisotopic (exact) mass is 353 g/mol. The van der Waals surface area contributed by atoms with Gasteiger partial charge < -0.3 is 15.8 Å². The summed E-state index contributed by atoms with van der Waals surface area (Å²) >= 11 is 2.37. The number of thiazole rings is 1. The van der Waals surface area contributed by atoms with Crippen LogP contribution in [0.2, 0.25) is 0 Å². The number of primary amides is 1. The van der Waals surface area contributed by atoms with Crippen LogP contribution in [-0.4, -0.2) is 28.9 Å². The second-order valence-electron chi connectivity index (χ2n) is 4.71. The van der Waals surface area contributed by atoms with E-state index in [0.29, 0.717) is 15.6 Å². The number of rotatable bonds is 5. The summed E-state index contributed by atoms with van der Waals surface area (Å²) in [6.07, 6.45) is -1.02. The lowest BCUT2D eigenvalue weighted by molar-refractivity contribution is -0.123. The van der Waals surface area contributed by atoms with Crippen molar-refractivity contribution in [3.05, 3.63) is 32.6 Å². The second kappa shape index (κ2) is 6.88. The van der Waals surface area contributed by atoms with E-state index in [4.69, 9.17) is 10.5 Å². The number of carbonyl (C=O) groups excluding carboxylic acids is 3. The van der Waals surface area contributed by atoms with Crippen LogP contribution in [0.25, 0.3) is 0 Å². The van der Waals surface area contributed by atoms with E-state index in [-0.39, 0.29) is 5.56 Å². The van der Waals surface area contributed by atoms with E-state index in [2.05, 4.69) is 10.3 Å². The first-order chi connectivity index (χ1) is 10.8. The molecule has 2 aromatic rings. The minimum Gasteiger partial charge on any atom is -0.448 e. The minimum absolute atomic E-state index is 0.218.